The van der Waals surface area contributed by atoms with Gasteiger partial charge in [0.05, 0.1) is 6.07 Å². The maximum Gasteiger partial charge on any atom is 0.0622 e. The number of rotatable bonds is 5. The van der Waals surface area contributed by atoms with Crippen LogP contribution in [0.2, 0.25) is 0 Å². The number of nitrogens with zero attached hydrogens (tertiary/aromatic N) is 2. The van der Waals surface area contributed by atoms with Gasteiger partial charge in [-0.15, -0.1) is 0 Å². The van der Waals surface area contributed by atoms with Crippen LogP contribution >= 0.6 is 0 Å². The van der Waals surface area contributed by atoms with E-state index in [2.05, 4.69) is 38.8 Å². The van der Waals surface area contributed by atoms with E-state index in [-0.39, 0.29) is 0 Å². The van der Waals surface area contributed by atoms with Crippen LogP contribution in [0.3, 0.4) is 0 Å². The van der Waals surface area contributed by atoms with Crippen molar-refractivity contribution in [2.24, 2.45) is 5.92 Å². The van der Waals surface area contributed by atoms with Gasteiger partial charge in [-0.25, -0.2) is 0 Å². The second-order valence-corrected chi connectivity index (χ2v) is 3.73. The highest BCUT2D eigenvalue weighted by Crippen LogP contribution is 2.08. The Hall–Kier alpha value is -0.550. The summed E-state index contributed by atoms with van der Waals surface area (Å²) in [6, 6.07) is 2.78. The van der Waals surface area contributed by atoms with Crippen molar-refractivity contribution >= 4 is 0 Å². The Balaban J connectivity index is 3.58. The van der Waals surface area contributed by atoms with Gasteiger partial charge in [-0.2, -0.15) is 5.26 Å². The zero-order valence-electron chi connectivity index (χ0n) is 8.67. The van der Waals surface area contributed by atoms with Crippen molar-refractivity contribution in [2.45, 2.75) is 39.7 Å². The highest BCUT2D eigenvalue weighted by atomic mass is 15.1. The minimum absolute atomic E-state index is 0.615. The van der Waals surface area contributed by atoms with Crippen molar-refractivity contribution in [3.8, 4) is 6.07 Å². The van der Waals surface area contributed by atoms with Crippen LogP contribution in [0.5, 0.6) is 0 Å². The largest absolute Gasteiger partial charge is 0.303 e. The van der Waals surface area contributed by atoms with Crippen molar-refractivity contribution in [3.05, 3.63) is 0 Å². The van der Waals surface area contributed by atoms with Gasteiger partial charge in [-0.1, -0.05) is 13.8 Å². The van der Waals surface area contributed by atoms with Crippen LogP contribution < -0.4 is 0 Å². The van der Waals surface area contributed by atoms with Gasteiger partial charge >= 0.3 is 0 Å². The quantitative estimate of drug-likeness (QED) is 0.589. The molecule has 0 spiro atoms. The molecule has 0 bridgehead atoms. The molecule has 0 radical (unpaired) electrons. The number of hydrogen-bond acceptors (Lipinski definition) is 2. The molecule has 0 aromatic carbocycles. The molecule has 0 aliphatic rings. The molecule has 0 saturated carbocycles. The minimum Gasteiger partial charge on any atom is -0.303 e. The van der Waals surface area contributed by atoms with Gasteiger partial charge in [0.15, 0.2) is 0 Å². The second kappa shape index (κ2) is 6.02. The molecule has 2 heteroatoms. The standard InChI is InChI=1S/C10H20N2/c1-9(2)10(3)12(4)8-6-5-7-11/h9-10H,5-6,8H2,1-4H3. The molecule has 0 rings (SSSR count). The molecule has 0 amide bonds. The van der Waals surface area contributed by atoms with Crippen LogP contribution in [0.25, 0.3) is 0 Å². The first-order valence-electron chi connectivity index (χ1n) is 4.66. The first kappa shape index (κ1) is 11.4. The summed E-state index contributed by atoms with van der Waals surface area (Å²) in [5.41, 5.74) is 0. The zero-order chi connectivity index (χ0) is 9.56. The Morgan fingerprint density at radius 2 is 1.92 bits per heavy atom. The van der Waals surface area contributed by atoms with Crippen LogP contribution in [0, 0.1) is 17.2 Å². The highest BCUT2D eigenvalue weighted by molar-refractivity contribution is 4.72. The van der Waals surface area contributed by atoms with Crippen molar-refractivity contribution in [3.63, 3.8) is 0 Å². The molecule has 0 aromatic heterocycles. The monoisotopic (exact) mass is 168 g/mol. The van der Waals surface area contributed by atoms with Crippen molar-refractivity contribution < 1.29 is 0 Å². The lowest BCUT2D eigenvalue weighted by Crippen LogP contribution is -2.33. The number of nitriles is 1. The van der Waals surface area contributed by atoms with Gasteiger partial charge in [0, 0.05) is 12.5 Å². The van der Waals surface area contributed by atoms with Gasteiger partial charge < -0.3 is 4.90 Å². The van der Waals surface area contributed by atoms with Crippen LogP contribution in [-0.4, -0.2) is 24.5 Å². The van der Waals surface area contributed by atoms with E-state index in [0.29, 0.717) is 18.4 Å². The number of unbranched alkanes of at least 4 members (excludes halogenated alkanes) is 1. The van der Waals surface area contributed by atoms with Crippen LogP contribution in [0.1, 0.15) is 33.6 Å². The fourth-order valence-corrected chi connectivity index (χ4v) is 1.12. The van der Waals surface area contributed by atoms with Gasteiger partial charge in [-0.05, 0) is 32.9 Å². The first-order chi connectivity index (χ1) is 5.59. The van der Waals surface area contributed by atoms with Gasteiger partial charge in [0.1, 0.15) is 0 Å². The van der Waals surface area contributed by atoms with E-state index in [0.717, 1.165) is 13.0 Å². The predicted molar refractivity (Wildman–Crippen MR) is 51.8 cm³/mol. The lowest BCUT2D eigenvalue weighted by molar-refractivity contribution is 0.207. The molecule has 1 unspecified atom stereocenters. The fraction of sp³-hybridized carbons (Fsp3) is 0.900. The highest BCUT2D eigenvalue weighted by Gasteiger charge is 2.11. The van der Waals surface area contributed by atoms with Crippen LogP contribution in [0.4, 0.5) is 0 Å². The SMILES string of the molecule is CC(C)C(C)N(C)CCCC#N. The summed E-state index contributed by atoms with van der Waals surface area (Å²) in [6.45, 7) is 7.72. The number of hydrogen-bond donors (Lipinski definition) is 0. The summed E-state index contributed by atoms with van der Waals surface area (Å²) in [7, 11) is 2.13. The summed E-state index contributed by atoms with van der Waals surface area (Å²) in [5, 5.41) is 8.36. The molecule has 0 aliphatic carbocycles. The van der Waals surface area contributed by atoms with Crippen LogP contribution in [-0.2, 0) is 0 Å². The molecule has 0 saturated heterocycles. The molecular weight excluding hydrogens is 148 g/mol. The van der Waals surface area contributed by atoms with Crippen molar-refractivity contribution in [1.29, 1.82) is 5.26 Å². The molecule has 2 nitrogen and oxygen atoms in total. The maximum absolute atomic E-state index is 8.36. The molecule has 1 atom stereocenters. The van der Waals surface area contributed by atoms with Crippen molar-refractivity contribution in [2.75, 3.05) is 13.6 Å². The third-order valence-electron chi connectivity index (χ3n) is 2.46. The summed E-state index contributed by atoms with van der Waals surface area (Å²) in [4.78, 5) is 2.32. The molecule has 0 fully saturated rings. The normalized spacial score (nSPS) is 13.4. The summed E-state index contributed by atoms with van der Waals surface area (Å²) >= 11 is 0. The summed E-state index contributed by atoms with van der Waals surface area (Å²) < 4.78 is 0. The molecule has 0 aromatic rings. The molecular formula is C10H20N2. The minimum atomic E-state index is 0.615. The average Bonchev–Trinajstić information content (AvgIpc) is 2.03. The Bertz CT molecular complexity index is 146. The van der Waals surface area contributed by atoms with E-state index in [1.165, 1.54) is 0 Å². The molecule has 0 N–H and O–H groups in total. The molecule has 70 valence electrons. The van der Waals surface area contributed by atoms with E-state index in [1.54, 1.807) is 0 Å². The Labute approximate surface area is 76.2 Å². The zero-order valence-corrected chi connectivity index (χ0v) is 8.67. The lowest BCUT2D eigenvalue weighted by atomic mass is 10.1. The van der Waals surface area contributed by atoms with E-state index in [1.807, 2.05) is 0 Å². The maximum atomic E-state index is 8.36. The lowest BCUT2D eigenvalue weighted by Gasteiger charge is -2.27. The summed E-state index contributed by atoms with van der Waals surface area (Å²) in [6.07, 6.45) is 1.67. The Kier molecular flexibility index (Phi) is 5.74. The third-order valence-corrected chi connectivity index (χ3v) is 2.46. The van der Waals surface area contributed by atoms with E-state index >= 15 is 0 Å². The van der Waals surface area contributed by atoms with Gasteiger partial charge in [0.2, 0.25) is 0 Å². The molecule has 12 heavy (non-hydrogen) atoms. The van der Waals surface area contributed by atoms with E-state index in [4.69, 9.17) is 5.26 Å². The molecule has 0 aliphatic heterocycles. The smallest absolute Gasteiger partial charge is 0.0622 e. The summed E-state index contributed by atoms with van der Waals surface area (Å²) in [5.74, 6) is 0.692. The topological polar surface area (TPSA) is 27.0 Å². The van der Waals surface area contributed by atoms with E-state index < -0.39 is 0 Å². The predicted octanol–water partition coefficient (Wildman–Crippen LogP) is 2.27. The Morgan fingerprint density at radius 1 is 1.33 bits per heavy atom. The first-order valence-corrected chi connectivity index (χ1v) is 4.66. The van der Waals surface area contributed by atoms with Crippen molar-refractivity contribution in [1.82, 2.24) is 4.90 Å². The van der Waals surface area contributed by atoms with Gasteiger partial charge in [0.25, 0.3) is 0 Å². The fourth-order valence-electron chi connectivity index (χ4n) is 1.12. The van der Waals surface area contributed by atoms with Gasteiger partial charge in [-0.3, -0.25) is 0 Å². The second-order valence-electron chi connectivity index (χ2n) is 3.73. The third kappa shape index (κ3) is 4.35. The Morgan fingerprint density at radius 3 is 2.33 bits per heavy atom. The van der Waals surface area contributed by atoms with Crippen LogP contribution in [0.15, 0.2) is 0 Å². The molecule has 0 heterocycles. The van der Waals surface area contributed by atoms with E-state index in [9.17, 15) is 0 Å². The average molecular weight is 168 g/mol.